The van der Waals surface area contributed by atoms with Crippen molar-refractivity contribution in [2.75, 3.05) is 19.5 Å². The van der Waals surface area contributed by atoms with Gasteiger partial charge in [-0.15, -0.1) is 0 Å². The van der Waals surface area contributed by atoms with Crippen LogP contribution in [0.15, 0.2) is 70.4 Å². The number of methoxy groups -OCH3 is 1. The Hall–Kier alpha value is -4.93. The first kappa shape index (κ1) is 24.2. The molecule has 0 saturated heterocycles. The first-order valence-electron chi connectivity index (χ1n) is 10.8. The molecule has 2 aromatic heterocycles. The van der Waals surface area contributed by atoms with E-state index in [-0.39, 0.29) is 17.1 Å². The normalized spacial score (nSPS) is 10.8. The fourth-order valence-electron chi connectivity index (χ4n) is 3.68. The zero-order valence-corrected chi connectivity index (χ0v) is 19.8. The number of carbonyl (C=O) groups is 2. The van der Waals surface area contributed by atoms with Crippen molar-refractivity contribution in [2.24, 2.45) is 14.1 Å². The summed E-state index contributed by atoms with van der Waals surface area (Å²) in [7, 11) is 4.06. The predicted octanol–water partition coefficient (Wildman–Crippen LogP) is 1.57. The van der Waals surface area contributed by atoms with E-state index in [0.717, 1.165) is 9.13 Å². The minimum absolute atomic E-state index is 0.0810. The molecule has 0 atom stereocenters. The molecule has 0 radical (unpaired) electrons. The number of hydrogen-bond donors (Lipinski definition) is 1. The molecule has 2 heterocycles. The minimum atomic E-state index is -0.872. The monoisotopic (exact) mass is 489 g/mol. The number of rotatable bonds is 7. The molecule has 4 rings (SSSR count). The van der Waals surface area contributed by atoms with Gasteiger partial charge in [-0.05, 0) is 24.3 Å². The Kier molecular flexibility index (Phi) is 6.55. The highest BCUT2D eigenvalue weighted by atomic mass is 16.5. The summed E-state index contributed by atoms with van der Waals surface area (Å²) < 4.78 is 14.0. The summed E-state index contributed by atoms with van der Waals surface area (Å²) in [5, 5.41) is 4.57. The van der Waals surface area contributed by atoms with Gasteiger partial charge in [0.2, 0.25) is 5.78 Å². The highest BCUT2D eigenvalue weighted by Gasteiger charge is 2.25. The van der Waals surface area contributed by atoms with Crippen LogP contribution in [-0.4, -0.2) is 44.4 Å². The summed E-state index contributed by atoms with van der Waals surface area (Å²) in [5.74, 6) is -1.50. The average Bonchev–Trinajstić information content (AvgIpc) is 3.35. The zero-order chi connectivity index (χ0) is 26.0. The van der Waals surface area contributed by atoms with Gasteiger partial charge in [-0.2, -0.15) is 5.10 Å². The SMILES string of the molecule is COc1ccccc1-c1nn(-c2ccccc2)cc1C(=O)OCC(=O)c1c(N)n(C)c(=O)n(C)c1=O. The summed E-state index contributed by atoms with van der Waals surface area (Å²) in [6.45, 7) is -0.766. The number of benzene rings is 2. The van der Waals surface area contributed by atoms with E-state index >= 15 is 0 Å². The maximum atomic E-state index is 13.1. The number of nitrogens with zero attached hydrogens (tertiary/aromatic N) is 4. The molecule has 0 unspecified atom stereocenters. The van der Waals surface area contributed by atoms with E-state index in [1.165, 1.54) is 32.1 Å². The summed E-state index contributed by atoms with van der Waals surface area (Å²) in [4.78, 5) is 50.4. The molecule has 184 valence electrons. The van der Waals surface area contributed by atoms with Gasteiger partial charge in [0.25, 0.3) is 5.56 Å². The second-order valence-corrected chi connectivity index (χ2v) is 7.84. The second kappa shape index (κ2) is 9.74. The van der Waals surface area contributed by atoms with E-state index in [1.54, 1.807) is 24.3 Å². The third kappa shape index (κ3) is 4.29. The van der Waals surface area contributed by atoms with Crippen molar-refractivity contribution in [3.05, 3.63) is 92.8 Å². The quantitative estimate of drug-likeness (QED) is 0.305. The van der Waals surface area contributed by atoms with Crippen LogP contribution in [0.3, 0.4) is 0 Å². The van der Waals surface area contributed by atoms with Gasteiger partial charge in [-0.3, -0.25) is 18.7 Å². The minimum Gasteiger partial charge on any atom is -0.496 e. The van der Waals surface area contributed by atoms with Gasteiger partial charge in [-0.25, -0.2) is 14.3 Å². The molecular formula is C25H23N5O6. The lowest BCUT2D eigenvalue weighted by Gasteiger charge is -2.11. The number of nitrogen functional groups attached to an aromatic ring is 1. The molecular weight excluding hydrogens is 466 g/mol. The number of ketones is 1. The van der Waals surface area contributed by atoms with Crippen molar-refractivity contribution in [3.8, 4) is 22.7 Å². The van der Waals surface area contributed by atoms with E-state index < -0.39 is 35.2 Å². The molecule has 2 aromatic carbocycles. The van der Waals surface area contributed by atoms with Crippen molar-refractivity contribution in [3.63, 3.8) is 0 Å². The standard InChI is InChI=1S/C25H23N5O6/c1-28-22(26)20(23(32)29(2)25(28)34)18(31)14-36-24(33)17-13-30(15-9-5-4-6-10-15)27-21(17)16-11-7-8-12-19(16)35-3/h4-13H,14,26H2,1-3H3. The number of ether oxygens (including phenoxy) is 2. The largest absolute Gasteiger partial charge is 0.496 e. The van der Waals surface area contributed by atoms with Gasteiger partial charge in [0, 0.05) is 25.9 Å². The summed E-state index contributed by atoms with van der Waals surface area (Å²) >= 11 is 0. The molecule has 0 aliphatic rings. The maximum Gasteiger partial charge on any atom is 0.342 e. The van der Waals surface area contributed by atoms with E-state index in [9.17, 15) is 19.2 Å². The molecule has 0 amide bonds. The van der Waals surface area contributed by atoms with Crippen LogP contribution < -0.4 is 21.7 Å². The van der Waals surface area contributed by atoms with Crippen molar-refractivity contribution < 1.29 is 19.1 Å². The summed E-state index contributed by atoms with van der Waals surface area (Å²) in [6, 6.07) is 16.2. The van der Waals surface area contributed by atoms with Crippen molar-refractivity contribution in [2.45, 2.75) is 0 Å². The fraction of sp³-hybridized carbons (Fsp3) is 0.160. The third-order valence-electron chi connectivity index (χ3n) is 5.64. The lowest BCUT2D eigenvalue weighted by molar-refractivity contribution is 0.0475. The molecule has 4 aromatic rings. The molecule has 0 fully saturated rings. The number of para-hydroxylation sites is 2. The van der Waals surface area contributed by atoms with Gasteiger partial charge in [0.1, 0.15) is 28.4 Å². The van der Waals surface area contributed by atoms with Crippen LogP contribution in [0.25, 0.3) is 16.9 Å². The summed E-state index contributed by atoms with van der Waals surface area (Å²) in [5.41, 5.74) is 5.46. The maximum absolute atomic E-state index is 13.1. The Morgan fingerprint density at radius 2 is 1.64 bits per heavy atom. The highest BCUT2D eigenvalue weighted by molar-refractivity contribution is 6.03. The molecule has 0 aliphatic heterocycles. The zero-order valence-electron chi connectivity index (χ0n) is 19.8. The second-order valence-electron chi connectivity index (χ2n) is 7.84. The number of esters is 1. The molecule has 2 N–H and O–H groups in total. The number of carbonyl (C=O) groups excluding carboxylic acids is 2. The van der Waals surface area contributed by atoms with Crippen LogP contribution in [-0.2, 0) is 18.8 Å². The third-order valence-corrected chi connectivity index (χ3v) is 5.64. The molecule has 11 nitrogen and oxygen atoms in total. The van der Waals surface area contributed by atoms with Crippen LogP contribution in [0.5, 0.6) is 5.75 Å². The first-order chi connectivity index (χ1) is 17.2. The van der Waals surface area contributed by atoms with Crippen LogP contribution in [0.4, 0.5) is 5.82 Å². The van der Waals surface area contributed by atoms with Crippen LogP contribution in [0, 0.1) is 0 Å². The Labute approximate surface area is 204 Å². The predicted molar refractivity (Wildman–Crippen MR) is 132 cm³/mol. The van der Waals surface area contributed by atoms with Gasteiger partial charge in [-0.1, -0.05) is 30.3 Å². The number of aromatic nitrogens is 4. The Morgan fingerprint density at radius 3 is 2.33 bits per heavy atom. The van der Waals surface area contributed by atoms with E-state index in [0.29, 0.717) is 17.0 Å². The van der Waals surface area contributed by atoms with Crippen molar-refractivity contribution >= 4 is 17.6 Å². The van der Waals surface area contributed by atoms with Gasteiger partial charge in [0.05, 0.1) is 12.8 Å². The Bertz CT molecular complexity index is 1580. The van der Waals surface area contributed by atoms with Crippen molar-refractivity contribution in [1.29, 1.82) is 0 Å². The fourth-order valence-corrected chi connectivity index (χ4v) is 3.68. The highest BCUT2D eigenvalue weighted by Crippen LogP contribution is 2.32. The van der Waals surface area contributed by atoms with E-state index in [2.05, 4.69) is 5.10 Å². The lowest BCUT2D eigenvalue weighted by Crippen LogP contribution is -2.42. The molecule has 11 heteroatoms. The molecule has 0 bridgehead atoms. The topological polar surface area (TPSA) is 140 Å². The lowest BCUT2D eigenvalue weighted by atomic mass is 10.1. The van der Waals surface area contributed by atoms with Crippen LogP contribution >= 0.6 is 0 Å². The van der Waals surface area contributed by atoms with E-state index in [1.807, 2.05) is 30.3 Å². The molecule has 0 spiro atoms. The van der Waals surface area contributed by atoms with Crippen LogP contribution in [0.1, 0.15) is 20.7 Å². The van der Waals surface area contributed by atoms with Gasteiger partial charge < -0.3 is 15.2 Å². The number of nitrogens with two attached hydrogens (primary N) is 1. The molecule has 0 saturated carbocycles. The number of hydrogen-bond acceptors (Lipinski definition) is 8. The average molecular weight is 489 g/mol. The Balaban J connectivity index is 1.70. The number of anilines is 1. The smallest absolute Gasteiger partial charge is 0.342 e. The van der Waals surface area contributed by atoms with Gasteiger partial charge >= 0.3 is 11.7 Å². The van der Waals surface area contributed by atoms with Gasteiger partial charge in [0.15, 0.2) is 6.61 Å². The summed E-state index contributed by atoms with van der Waals surface area (Å²) in [6.07, 6.45) is 1.49. The number of Topliss-reactive ketones (excluding diaryl/α,β-unsaturated/α-hetero) is 1. The van der Waals surface area contributed by atoms with Crippen LogP contribution in [0.2, 0.25) is 0 Å². The molecule has 0 aliphatic carbocycles. The molecule has 36 heavy (non-hydrogen) atoms. The van der Waals surface area contributed by atoms with E-state index in [4.69, 9.17) is 15.2 Å². The Morgan fingerprint density at radius 1 is 0.972 bits per heavy atom. The van der Waals surface area contributed by atoms with Crippen molar-refractivity contribution in [1.82, 2.24) is 18.9 Å². The first-order valence-corrected chi connectivity index (χ1v) is 10.8.